The zero-order chi connectivity index (χ0) is 13.9. The Kier molecular flexibility index (Phi) is 1.34. The van der Waals surface area contributed by atoms with Gasteiger partial charge < -0.3 is 4.98 Å². The summed E-state index contributed by atoms with van der Waals surface area (Å²) in [6.45, 7) is -1.41. The minimum Gasteiger partial charge on any atom is -0.361 e. The number of H-pyrrole nitrogens is 1. The Hall–Kier alpha value is -1.54. The van der Waals surface area contributed by atoms with Crippen molar-refractivity contribution in [1.82, 2.24) is 9.88 Å². The number of nitrogens with one attached hydrogen (secondary N) is 1. The Morgan fingerprint density at radius 1 is 1.47 bits per heavy atom. The van der Waals surface area contributed by atoms with Crippen LogP contribution < -0.4 is 0 Å². The second-order valence-corrected chi connectivity index (χ2v) is 4.90. The van der Waals surface area contributed by atoms with Gasteiger partial charge in [0.25, 0.3) is 0 Å². The Balaban J connectivity index is 1.91. The largest absolute Gasteiger partial charge is 0.361 e. The standard InChI is InChI=1S/C15H16N2/c1-17-7-3-5-11-12-4-2-6-13-15(12)10(9-16-13)8-14(11)17/h2,4-6,9,14,16H,3,7-8H2,1H3/t14-/m1/s1/i1D3. The number of hydrogen-bond acceptors (Lipinski definition) is 1. The van der Waals surface area contributed by atoms with Gasteiger partial charge in [-0.15, -0.1) is 0 Å². The van der Waals surface area contributed by atoms with E-state index in [1.165, 1.54) is 22.1 Å². The molecule has 0 bridgehead atoms. The lowest BCUT2D eigenvalue weighted by molar-refractivity contribution is 0.282. The van der Waals surface area contributed by atoms with Gasteiger partial charge in [0.1, 0.15) is 0 Å². The van der Waals surface area contributed by atoms with Gasteiger partial charge in [-0.25, -0.2) is 0 Å². The normalized spacial score (nSPS) is 26.9. The van der Waals surface area contributed by atoms with Crippen LogP contribution in [0.3, 0.4) is 0 Å². The Bertz CT molecular complexity index is 711. The van der Waals surface area contributed by atoms with Crippen LogP contribution in [0.25, 0.3) is 16.5 Å². The van der Waals surface area contributed by atoms with Gasteiger partial charge in [0, 0.05) is 33.8 Å². The summed E-state index contributed by atoms with van der Waals surface area (Å²) in [5.74, 6) is 0. The van der Waals surface area contributed by atoms with Crippen LogP contribution in [0.4, 0.5) is 0 Å². The maximum absolute atomic E-state index is 7.77. The first-order valence-electron chi connectivity index (χ1n) is 7.62. The number of hydrogen-bond donors (Lipinski definition) is 1. The summed E-state index contributed by atoms with van der Waals surface area (Å²) in [5.41, 5.74) is 4.76. The number of benzene rings is 1. The maximum atomic E-state index is 7.77. The molecule has 1 atom stereocenters. The van der Waals surface area contributed by atoms with Crippen molar-refractivity contribution in [2.75, 3.05) is 13.5 Å². The molecule has 86 valence electrons. The number of aromatic nitrogens is 1. The lowest BCUT2D eigenvalue weighted by Gasteiger charge is -2.36. The van der Waals surface area contributed by atoms with Crippen molar-refractivity contribution in [3.63, 3.8) is 0 Å². The van der Waals surface area contributed by atoms with Crippen molar-refractivity contribution in [3.05, 3.63) is 41.6 Å². The van der Waals surface area contributed by atoms with E-state index in [0.717, 1.165) is 18.4 Å². The average Bonchev–Trinajstić information content (AvgIpc) is 2.82. The fourth-order valence-electron chi connectivity index (χ4n) is 3.19. The highest BCUT2D eigenvalue weighted by Gasteiger charge is 2.30. The third kappa shape index (κ3) is 1.19. The third-order valence-electron chi connectivity index (χ3n) is 3.98. The number of rotatable bonds is 0. The van der Waals surface area contributed by atoms with E-state index in [9.17, 15) is 0 Å². The highest BCUT2D eigenvalue weighted by atomic mass is 15.1. The molecule has 2 heteroatoms. The molecule has 0 amide bonds. The lowest BCUT2D eigenvalue weighted by atomic mass is 9.82. The number of aromatic amines is 1. The average molecular weight is 227 g/mol. The maximum Gasteiger partial charge on any atom is 0.0462 e. The van der Waals surface area contributed by atoms with Crippen molar-refractivity contribution in [2.45, 2.75) is 18.9 Å². The van der Waals surface area contributed by atoms with Crippen LogP contribution in [-0.2, 0) is 6.42 Å². The molecule has 1 N–H and O–H groups in total. The van der Waals surface area contributed by atoms with Crippen LogP contribution in [0.15, 0.2) is 30.5 Å². The van der Waals surface area contributed by atoms with Crippen molar-refractivity contribution in [2.24, 2.45) is 0 Å². The third-order valence-corrected chi connectivity index (χ3v) is 3.98. The van der Waals surface area contributed by atoms with E-state index in [1.54, 1.807) is 4.90 Å². The molecule has 0 fully saturated rings. The monoisotopic (exact) mass is 227 g/mol. The van der Waals surface area contributed by atoms with Gasteiger partial charge in [0.15, 0.2) is 0 Å². The van der Waals surface area contributed by atoms with Gasteiger partial charge in [-0.3, -0.25) is 4.90 Å². The molecular weight excluding hydrogens is 208 g/mol. The molecular formula is C15H16N2. The van der Waals surface area contributed by atoms with Crippen molar-refractivity contribution in [1.29, 1.82) is 0 Å². The first-order valence-corrected chi connectivity index (χ1v) is 6.12. The van der Waals surface area contributed by atoms with Gasteiger partial charge in [-0.1, -0.05) is 18.2 Å². The molecule has 4 rings (SSSR count). The minimum absolute atomic E-state index is 0.0230. The van der Waals surface area contributed by atoms with E-state index in [-0.39, 0.29) is 6.04 Å². The van der Waals surface area contributed by atoms with Crippen LogP contribution in [0.1, 0.15) is 21.7 Å². The van der Waals surface area contributed by atoms with E-state index in [4.69, 9.17) is 4.11 Å². The van der Waals surface area contributed by atoms with E-state index >= 15 is 0 Å². The van der Waals surface area contributed by atoms with E-state index in [1.807, 2.05) is 12.3 Å². The molecule has 0 unspecified atom stereocenters. The zero-order valence-corrected chi connectivity index (χ0v) is 9.53. The summed E-state index contributed by atoms with van der Waals surface area (Å²) in [6, 6.07) is 6.20. The molecule has 0 saturated carbocycles. The second-order valence-electron chi connectivity index (χ2n) is 4.90. The summed E-state index contributed by atoms with van der Waals surface area (Å²) in [7, 11) is 0. The molecule has 17 heavy (non-hydrogen) atoms. The van der Waals surface area contributed by atoms with E-state index in [0.29, 0.717) is 6.54 Å². The zero-order valence-electron chi connectivity index (χ0n) is 12.5. The Labute approximate surface area is 105 Å². The molecule has 2 aromatic rings. The van der Waals surface area contributed by atoms with Crippen LogP contribution in [0, 0.1) is 0 Å². The molecule has 1 aromatic carbocycles. The predicted octanol–water partition coefficient (Wildman–Crippen LogP) is 2.81. The van der Waals surface area contributed by atoms with E-state index in [2.05, 4.69) is 23.2 Å². The highest BCUT2D eigenvalue weighted by Crippen LogP contribution is 2.39. The Morgan fingerprint density at radius 3 is 3.41 bits per heavy atom. The topological polar surface area (TPSA) is 19.0 Å². The molecule has 2 heterocycles. The van der Waals surface area contributed by atoms with Gasteiger partial charge in [0.2, 0.25) is 0 Å². The van der Waals surface area contributed by atoms with Crippen LogP contribution in [0.2, 0.25) is 0 Å². The first-order chi connectivity index (χ1) is 9.55. The van der Waals surface area contributed by atoms with Gasteiger partial charge in [0.05, 0.1) is 0 Å². The second kappa shape index (κ2) is 3.23. The number of likely N-dealkylation sites (N-methyl/N-ethyl adjacent to an activating group) is 1. The number of fused-ring (bicyclic) bond motifs is 2. The molecule has 0 saturated heterocycles. The lowest BCUT2D eigenvalue weighted by Crippen LogP contribution is -2.39. The molecule has 0 spiro atoms. The van der Waals surface area contributed by atoms with E-state index < -0.39 is 6.98 Å². The summed E-state index contributed by atoms with van der Waals surface area (Å²) >= 11 is 0. The molecule has 2 aliphatic rings. The van der Waals surface area contributed by atoms with Crippen LogP contribution in [-0.4, -0.2) is 29.4 Å². The SMILES string of the molecule is [2H]C([2H])([2H])N1CCC=C2c3cccc4[nH]cc(c34)C[C@H]21. The van der Waals surface area contributed by atoms with Crippen molar-refractivity contribution < 1.29 is 4.11 Å². The quantitative estimate of drug-likeness (QED) is 0.733. The highest BCUT2D eigenvalue weighted by molar-refractivity contribution is 5.98. The molecule has 1 aromatic heterocycles. The van der Waals surface area contributed by atoms with Gasteiger partial charge in [-0.2, -0.15) is 0 Å². The molecule has 1 aliphatic heterocycles. The molecule has 1 aliphatic carbocycles. The van der Waals surface area contributed by atoms with Crippen molar-refractivity contribution in [3.8, 4) is 0 Å². The van der Waals surface area contributed by atoms with Gasteiger partial charge >= 0.3 is 0 Å². The van der Waals surface area contributed by atoms with Gasteiger partial charge in [-0.05, 0) is 42.6 Å². The van der Waals surface area contributed by atoms with Crippen LogP contribution >= 0.6 is 0 Å². The smallest absolute Gasteiger partial charge is 0.0462 e. The van der Waals surface area contributed by atoms with Crippen LogP contribution in [0.5, 0.6) is 0 Å². The summed E-state index contributed by atoms with van der Waals surface area (Å²) < 4.78 is 23.3. The predicted molar refractivity (Wildman–Crippen MR) is 71.0 cm³/mol. The summed E-state index contributed by atoms with van der Waals surface area (Å²) in [5, 5.41) is 1.27. The fourth-order valence-corrected chi connectivity index (χ4v) is 3.19. The summed E-state index contributed by atoms with van der Waals surface area (Å²) in [4.78, 5) is 4.97. The van der Waals surface area contributed by atoms with Crippen molar-refractivity contribution >= 4 is 16.5 Å². The molecule has 2 nitrogen and oxygen atoms in total. The summed E-state index contributed by atoms with van der Waals surface area (Å²) in [6.07, 6.45) is 5.83. The first kappa shape index (κ1) is 7.02. The minimum atomic E-state index is -2.02. The Morgan fingerprint density at radius 2 is 2.47 bits per heavy atom. The number of nitrogens with zero attached hydrogens (tertiary/aromatic N) is 1. The molecule has 0 radical (unpaired) electrons. The fraction of sp³-hybridized carbons (Fsp3) is 0.333.